The topological polar surface area (TPSA) is 104 Å². The third-order valence-electron chi connectivity index (χ3n) is 3.75. The Morgan fingerprint density at radius 3 is 2.25 bits per heavy atom. The van der Waals surface area contributed by atoms with Gasteiger partial charge in [0.1, 0.15) is 0 Å². The standard InChI is InChI=1S/C12H22N2O5S/c1-14(2)20(18,19)8-7-13-10(15)9-12(11(16)17)5-3-4-6-12/h3-9H2,1-2H3,(H,13,15)(H,16,17). The Kier molecular flexibility index (Phi) is 5.52. The number of carboxylic acid groups (broad SMARTS) is 1. The zero-order chi connectivity index (χ0) is 15.4. The molecule has 0 heterocycles. The third kappa shape index (κ3) is 4.17. The van der Waals surface area contributed by atoms with Crippen molar-refractivity contribution in [2.45, 2.75) is 32.1 Å². The van der Waals surface area contributed by atoms with Gasteiger partial charge in [-0.1, -0.05) is 12.8 Å². The van der Waals surface area contributed by atoms with Gasteiger partial charge in [0.15, 0.2) is 0 Å². The summed E-state index contributed by atoms with van der Waals surface area (Å²) in [5.74, 6) is -1.53. The molecule has 0 bridgehead atoms. The fourth-order valence-electron chi connectivity index (χ4n) is 2.39. The van der Waals surface area contributed by atoms with E-state index in [2.05, 4.69) is 5.32 Å². The van der Waals surface area contributed by atoms with Crippen LogP contribution in [0.15, 0.2) is 0 Å². The van der Waals surface area contributed by atoms with Gasteiger partial charge in [0.25, 0.3) is 0 Å². The van der Waals surface area contributed by atoms with Gasteiger partial charge in [-0.05, 0) is 12.8 Å². The summed E-state index contributed by atoms with van der Waals surface area (Å²) >= 11 is 0. The van der Waals surface area contributed by atoms with E-state index in [0.29, 0.717) is 12.8 Å². The molecule has 0 atom stereocenters. The van der Waals surface area contributed by atoms with Crippen LogP contribution in [0.4, 0.5) is 0 Å². The van der Waals surface area contributed by atoms with Gasteiger partial charge in [-0.15, -0.1) is 0 Å². The normalized spacial score (nSPS) is 18.1. The minimum atomic E-state index is -3.35. The van der Waals surface area contributed by atoms with E-state index in [-0.39, 0.29) is 18.7 Å². The molecule has 20 heavy (non-hydrogen) atoms. The highest BCUT2D eigenvalue weighted by Gasteiger charge is 2.42. The Bertz CT molecular complexity index is 466. The number of nitrogens with zero attached hydrogens (tertiary/aromatic N) is 1. The van der Waals surface area contributed by atoms with Crippen LogP contribution in [0.2, 0.25) is 0 Å². The lowest BCUT2D eigenvalue weighted by molar-refractivity contribution is -0.151. The third-order valence-corrected chi connectivity index (χ3v) is 5.58. The van der Waals surface area contributed by atoms with Crippen LogP contribution in [0.5, 0.6) is 0 Å². The number of aliphatic carboxylic acids is 1. The van der Waals surface area contributed by atoms with Crippen molar-refractivity contribution in [3.8, 4) is 0 Å². The minimum absolute atomic E-state index is 0.00491. The molecular weight excluding hydrogens is 284 g/mol. The average Bonchev–Trinajstić information content (AvgIpc) is 2.78. The number of nitrogens with one attached hydrogen (secondary N) is 1. The fraction of sp³-hybridized carbons (Fsp3) is 0.833. The quantitative estimate of drug-likeness (QED) is 0.690. The number of carboxylic acids is 1. The molecule has 8 heteroatoms. The number of hydrogen-bond acceptors (Lipinski definition) is 4. The van der Waals surface area contributed by atoms with Crippen LogP contribution in [-0.2, 0) is 19.6 Å². The van der Waals surface area contributed by atoms with Gasteiger partial charge < -0.3 is 10.4 Å². The highest BCUT2D eigenvalue weighted by Crippen LogP contribution is 2.41. The monoisotopic (exact) mass is 306 g/mol. The predicted octanol–water partition coefficient (Wildman–Crippen LogP) is 0.0291. The largest absolute Gasteiger partial charge is 0.481 e. The summed E-state index contributed by atoms with van der Waals surface area (Å²) < 4.78 is 24.1. The van der Waals surface area contributed by atoms with Gasteiger partial charge in [0.2, 0.25) is 15.9 Å². The molecule has 0 aliphatic heterocycles. The van der Waals surface area contributed by atoms with Crippen molar-refractivity contribution >= 4 is 21.9 Å². The van der Waals surface area contributed by atoms with Crippen molar-refractivity contribution in [1.29, 1.82) is 0 Å². The summed E-state index contributed by atoms with van der Waals surface area (Å²) in [7, 11) is -0.499. The Morgan fingerprint density at radius 2 is 1.80 bits per heavy atom. The predicted molar refractivity (Wildman–Crippen MR) is 73.6 cm³/mol. The molecule has 0 spiro atoms. The molecule has 0 unspecified atom stereocenters. The van der Waals surface area contributed by atoms with Gasteiger partial charge >= 0.3 is 5.97 Å². The van der Waals surface area contributed by atoms with E-state index in [1.807, 2.05) is 0 Å². The van der Waals surface area contributed by atoms with Gasteiger partial charge in [-0.3, -0.25) is 9.59 Å². The van der Waals surface area contributed by atoms with E-state index in [1.54, 1.807) is 0 Å². The highest BCUT2D eigenvalue weighted by molar-refractivity contribution is 7.89. The van der Waals surface area contributed by atoms with Crippen molar-refractivity contribution in [3.63, 3.8) is 0 Å². The number of carbonyl (C=O) groups excluding carboxylic acids is 1. The van der Waals surface area contributed by atoms with E-state index in [1.165, 1.54) is 14.1 Å². The molecule has 0 aromatic carbocycles. The number of rotatable bonds is 7. The summed E-state index contributed by atoms with van der Waals surface area (Å²) in [5, 5.41) is 11.7. The molecule has 1 aliphatic carbocycles. The number of hydrogen-bond donors (Lipinski definition) is 2. The van der Waals surface area contributed by atoms with Crippen LogP contribution in [0.25, 0.3) is 0 Å². The van der Waals surface area contributed by atoms with Crippen molar-refractivity contribution in [3.05, 3.63) is 0 Å². The second-order valence-corrected chi connectivity index (χ2v) is 7.72. The zero-order valence-electron chi connectivity index (χ0n) is 11.9. The Labute approximate surface area is 119 Å². The van der Waals surface area contributed by atoms with Crippen LogP contribution in [0.3, 0.4) is 0 Å². The molecule has 0 saturated heterocycles. The molecule has 7 nitrogen and oxygen atoms in total. The highest BCUT2D eigenvalue weighted by atomic mass is 32.2. The van der Waals surface area contributed by atoms with Gasteiger partial charge in [0, 0.05) is 27.1 Å². The van der Waals surface area contributed by atoms with Crippen molar-refractivity contribution in [2.24, 2.45) is 5.41 Å². The average molecular weight is 306 g/mol. The van der Waals surface area contributed by atoms with Crippen LogP contribution < -0.4 is 5.32 Å². The molecule has 1 fully saturated rings. The van der Waals surface area contributed by atoms with E-state index in [9.17, 15) is 23.1 Å². The second kappa shape index (κ2) is 6.53. The molecule has 1 amide bonds. The maximum Gasteiger partial charge on any atom is 0.310 e. The Morgan fingerprint density at radius 1 is 1.25 bits per heavy atom. The SMILES string of the molecule is CN(C)S(=O)(=O)CCNC(=O)CC1(C(=O)O)CCCC1. The molecule has 0 aromatic heterocycles. The molecule has 116 valence electrons. The van der Waals surface area contributed by atoms with Crippen LogP contribution in [0.1, 0.15) is 32.1 Å². The molecule has 0 aromatic rings. The van der Waals surface area contributed by atoms with Crippen molar-refractivity contribution in [1.82, 2.24) is 9.62 Å². The minimum Gasteiger partial charge on any atom is -0.481 e. The maximum atomic E-state index is 11.8. The first-order valence-corrected chi connectivity index (χ1v) is 8.21. The summed E-state index contributed by atoms with van der Waals surface area (Å²) in [5.41, 5.74) is -0.968. The van der Waals surface area contributed by atoms with Gasteiger partial charge in [-0.2, -0.15) is 0 Å². The summed E-state index contributed by atoms with van der Waals surface area (Å²) in [6.45, 7) is -0.00491. The van der Waals surface area contributed by atoms with Crippen molar-refractivity contribution in [2.75, 3.05) is 26.4 Å². The molecule has 1 aliphatic rings. The second-order valence-electron chi connectivity index (χ2n) is 5.42. The van der Waals surface area contributed by atoms with Gasteiger partial charge in [-0.25, -0.2) is 12.7 Å². The lowest BCUT2D eigenvalue weighted by atomic mass is 9.82. The van der Waals surface area contributed by atoms with E-state index < -0.39 is 27.3 Å². The van der Waals surface area contributed by atoms with E-state index >= 15 is 0 Å². The summed E-state index contributed by atoms with van der Waals surface area (Å²) in [6.07, 6.45) is 2.56. The summed E-state index contributed by atoms with van der Waals surface area (Å²) in [4.78, 5) is 23.1. The summed E-state index contributed by atoms with van der Waals surface area (Å²) in [6, 6.07) is 0. The maximum absolute atomic E-state index is 11.8. The van der Waals surface area contributed by atoms with E-state index in [0.717, 1.165) is 17.1 Å². The fourth-order valence-corrected chi connectivity index (χ4v) is 3.12. The first kappa shape index (κ1) is 16.9. The Balaban J connectivity index is 2.46. The number of sulfonamides is 1. The molecule has 0 radical (unpaired) electrons. The Hall–Kier alpha value is -1.15. The first-order valence-electron chi connectivity index (χ1n) is 6.60. The van der Waals surface area contributed by atoms with Crippen LogP contribution in [0, 0.1) is 5.41 Å². The number of carbonyl (C=O) groups is 2. The molecular formula is C12H22N2O5S. The molecule has 1 saturated carbocycles. The first-order chi connectivity index (χ1) is 9.19. The molecule has 2 N–H and O–H groups in total. The zero-order valence-corrected chi connectivity index (χ0v) is 12.7. The lowest BCUT2D eigenvalue weighted by Crippen LogP contribution is -2.38. The van der Waals surface area contributed by atoms with Crippen LogP contribution in [-0.4, -0.2) is 56.1 Å². The van der Waals surface area contributed by atoms with E-state index in [4.69, 9.17) is 0 Å². The number of amides is 1. The van der Waals surface area contributed by atoms with Crippen LogP contribution >= 0.6 is 0 Å². The lowest BCUT2D eigenvalue weighted by Gasteiger charge is -2.22. The van der Waals surface area contributed by atoms with Gasteiger partial charge in [0.05, 0.1) is 11.2 Å². The molecule has 1 rings (SSSR count). The van der Waals surface area contributed by atoms with Crippen molar-refractivity contribution < 1.29 is 23.1 Å². The smallest absolute Gasteiger partial charge is 0.310 e.